The Morgan fingerprint density at radius 2 is 1.94 bits per heavy atom. The summed E-state index contributed by atoms with van der Waals surface area (Å²) in [6.07, 6.45) is 1.84. The van der Waals surface area contributed by atoms with Crippen molar-refractivity contribution in [3.8, 4) is 11.5 Å². The van der Waals surface area contributed by atoms with Crippen molar-refractivity contribution in [3.63, 3.8) is 0 Å². The van der Waals surface area contributed by atoms with Crippen LogP contribution in [0.1, 0.15) is 4.88 Å². The van der Waals surface area contributed by atoms with E-state index in [0.29, 0.717) is 13.2 Å². The van der Waals surface area contributed by atoms with Crippen LogP contribution in [0.25, 0.3) is 5.70 Å². The molecule has 0 saturated heterocycles. The largest absolute Gasteiger partial charge is 0.486 e. The van der Waals surface area contributed by atoms with E-state index in [-0.39, 0.29) is 0 Å². The summed E-state index contributed by atoms with van der Waals surface area (Å²) < 4.78 is 11.1. The van der Waals surface area contributed by atoms with Crippen LogP contribution in [-0.2, 0) is 0 Å². The summed E-state index contributed by atoms with van der Waals surface area (Å²) in [7, 11) is 0. The number of benzene rings is 1. The van der Waals surface area contributed by atoms with E-state index in [1.54, 1.807) is 11.3 Å². The van der Waals surface area contributed by atoms with E-state index >= 15 is 0 Å². The van der Waals surface area contributed by atoms with Gasteiger partial charge in [0.1, 0.15) is 13.2 Å². The summed E-state index contributed by atoms with van der Waals surface area (Å²) in [6, 6.07) is 3.94. The number of aromatic nitrogens is 1. The highest BCUT2D eigenvalue weighted by molar-refractivity contribution is 7.10. The van der Waals surface area contributed by atoms with Gasteiger partial charge in [-0.2, -0.15) is 0 Å². The van der Waals surface area contributed by atoms with Gasteiger partial charge in [-0.3, -0.25) is 4.98 Å². The zero-order valence-corrected chi connectivity index (χ0v) is 9.66. The number of fused-ring (bicyclic) bond motifs is 2. The predicted octanol–water partition coefficient (Wildman–Crippen LogP) is 0.704. The van der Waals surface area contributed by atoms with Crippen molar-refractivity contribution in [3.05, 3.63) is 39.3 Å². The zero-order valence-electron chi connectivity index (χ0n) is 8.84. The van der Waals surface area contributed by atoms with Crippen molar-refractivity contribution in [2.75, 3.05) is 13.2 Å². The van der Waals surface area contributed by atoms with E-state index in [0.717, 1.165) is 32.6 Å². The number of nitrogens with zero attached hydrogens (tertiary/aromatic N) is 2. The van der Waals surface area contributed by atoms with Gasteiger partial charge in [0.05, 0.1) is 21.4 Å². The van der Waals surface area contributed by atoms with Crippen LogP contribution in [0.15, 0.2) is 28.8 Å². The molecule has 17 heavy (non-hydrogen) atoms. The molecule has 84 valence electrons. The van der Waals surface area contributed by atoms with Gasteiger partial charge in [-0.1, -0.05) is 0 Å². The van der Waals surface area contributed by atoms with Crippen molar-refractivity contribution in [1.29, 1.82) is 0 Å². The lowest BCUT2D eigenvalue weighted by Gasteiger charge is -2.19. The van der Waals surface area contributed by atoms with Crippen LogP contribution in [0.5, 0.6) is 11.5 Å². The Bertz CT molecular complexity index is 707. The molecule has 2 aliphatic heterocycles. The van der Waals surface area contributed by atoms with Crippen LogP contribution in [0, 0.1) is 0 Å². The molecule has 0 bridgehead atoms. The van der Waals surface area contributed by atoms with Crippen molar-refractivity contribution < 1.29 is 9.47 Å². The Labute approximate surface area is 101 Å². The molecule has 0 fully saturated rings. The predicted molar refractivity (Wildman–Crippen MR) is 62.8 cm³/mol. The maximum Gasteiger partial charge on any atom is 0.163 e. The SMILES string of the molecule is c1ncc(C2=c3cc4c(cc3=N2)OCCO4)s1. The zero-order chi connectivity index (χ0) is 11.2. The minimum Gasteiger partial charge on any atom is -0.486 e. The Morgan fingerprint density at radius 3 is 2.71 bits per heavy atom. The Balaban J connectivity index is 1.93. The quantitative estimate of drug-likeness (QED) is 0.742. The molecule has 0 atom stereocenters. The number of hydrogen-bond acceptors (Lipinski definition) is 5. The second-order valence-corrected chi connectivity index (χ2v) is 4.73. The first-order chi connectivity index (χ1) is 8.42. The van der Waals surface area contributed by atoms with Crippen LogP contribution >= 0.6 is 11.3 Å². The summed E-state index contributed by atoms with van der Waals surface area (Å²) in [5.41, 5.74) is 2.81. The lowest BCUT2D eigenvalue weighted by molar-refractivity contribution is 0.171. The summed E-state index contributed by atoms with van der Waals surface area (Å²) in [4.78, 5) is 9.65. The van der Waals surface area contributed by atoms with Gasteiger partial charge in [-0.25, -0.2) is 4.99 Å². The third-order valence-corrected chi connectivity index (χ3v) is 3.59. The van der Waals surface area contributed by atoms with Crippen molar-refractivity contribution in [1.82, 2.24) is 4.98 Å². The van der Waals surface area contributed by atoms with Gasteiger partial charge in [0.25, 0.3) is 0 Å². The molecule has 0 amide bonds. The van der Waals surface area contributed by atoms with Crippen LogP contribution in [0.3, 0.4) is 0 Å². The minimum absolute atomic E-state index is 0.608. The standard InChI is InChI=1S/C12H8N2O2S/c1-2-16-10-4-8-7(3-9(10)15-1)12(14-8)11-5-13-6-17-11/h3-6H,1-2H2. The molecule has 0 N–H and O–H groups in total. The number of rotatable bonds is 1. The molecular formula is C12H8N2O2S. The Kier molecular flexibility index (Phi) is 1.78. The first-order valence-electron chi connectivity index (χ1n) is 5.33. The summed E-state index contributed by atoms with van der Waals surface area (Å²) in [5.74, 6) is 1.61. The maximum atomic E-state index is 5.57. The molecule has 0 saturated carbocycles. The fourth-order valence-corrected chi connectivity index (χ4v) is 2.63. The van der Waals surface area contributed by atoms with Crippen LogP contribution in [-0.4, -0.2) is 18.2 Å². The number of thiazole rings is 1. The van der Waals surface area contributed by atoms with Crippen LogP contribution in [0.4, 0.5) is 0 Å². The van der Waals surface area contributed by atoms with Gasteiger partial charge in [0.2, 0.25) is 0 Å². The topological polar surface area (TPSA) is 43.7 Å². The fourth-order valence-electron chi connectivity index (χ4n) is 2.01. The first-order valence-corrected chi connectivity index (χ1v) is 6.21. The lowest BCUT2D eigenvalue weighted by atomic mass is 10.1. The van der Waals surface area contributed by atoms with Gasteiger partial charge in [0.15, 0.2) is 11.5 Å². The average molecular weight is 244 g/mol. The van der Waals surface area contributed by atoms with Gasteiger partial charge in [-0.15, -0.1) is 11.3 Å². The van der Waals surface area contributed by atoms with Crippen molar-refractivity contribution in [2.45, 2.75) is 0 Å². The van der Waals surface area contributed by atoms with Crippen molar-refractivity contribution in [2.24, 2.45) is 4.99 Å². The molecule has 0 radical (unpaired) electrons. The highest BCUT2D eigenvalue weighted by Gasteiger charge is 2.18. The van der Waals surface area contributed by atoms with Gasteiger partial charge < -0.3 is 9.47 Å². The molecule has 3 heterocycles. The van der Waals surface area contributed by atoms with E-state index in [1.165, 1.54) is 0 Å². The lowest BCUT2D eigenvalue weighted by Crippen LogP contribution is -2.36. The van der Waals surface area contributed by atoms with Gasteiger partial charge in [-0.05, 0) is 6.07 Å². The number of ether oxygens (including phenoxy) is 2. The maximum absolute atomic E-state index is 5.57. The molecule has 2 aromatic rings. The summed E-state index contributed by atoms with van der Waals surface area (Å²) in [5, 5.41) is 2.09. The van der Waals surface area contributed by atoms with E-state index in [1.807, 2.05) is 23.8 Å². The van der Waals surface area contributed by atoms with E-state index in [4.69, 9.17) is 9.47 Å². The Morgan fingerprint density at radius 1 is 1.12 bits per heavy atom. The first kappa shape index (κ1) is 9.18. The molecule has 2 aliphatic rings. The molecule has 4 rings (SSSR count). The Hall–Kier alpha value is -1.88. The second kappa shape index (κ2) is 3.30. The molecule has 1 aromatic heterocycles. The highest BCUT2D eigenvalue weighted by atomic mass is 32.1. The molecule has 1 aromatic carbocycles. The van der Waals surface area contributed by atoms with Crippen molar-refractivity contribution >= 4 is 17.0 Å². The molecule has 4 nitrogen and oxygen atoms in total. The van der Waals surface area contributed by atoms with E-state index in [2.05, 4.69) is 9.98 Å². The molecule has 0 unspecified atom stereocenters. The summed E-state index contributed by atoms with van der Waals surface area (Å²) in [6.45, 7) is 1.22. The van der Waals surface area contributed by atoms with Gasteiger partial charge >= 0.3 is 0 Å². The molecule has 0 aliphatic carbocycles. The second-order valence-electron chi connectivity index (χ2n) is 3.84. The van der Waals surface area contributed by atoms with Gasteiger partial charge in [0, 0.05) is 17.5 Å². The molecular weight excluding hydrogens is 236 g/mol. The fraction of sp³-hybridized carbons (Fsp3) is 0.167. The third-order valence-electron chi connectivity index (χ3n) is 2.81. The van der Waals surface area contributed by atoms with Crippen LogP contribution in [0.2, 0.25) is 0 Å². The minimum atomic E-state index is 0.608. The van der Waals surface area contributed by atoms with E-state index < -0.39 is 0 Å². The highest BCUT2D eigenvalue weighted by Crippen LogP contribution is 2.28. The third kappa shape index (κ3) is 1.29. The normalized spacial score (nSPS) is 15.9. The van der Waals surface area contributed by atoms with E-state index in [9.17, 15) is 0 Å². The summed E-state index contributed by atoms with van der Waals surface area (Å²) >= 11 is 1.59. The molecule has 5 heteroatoms. The molecule has 0 spiro atoms. The monoisotopic (exact) mass is 244 g/mol. The average Bonchev–Trinajstić information content (AvgIpc) is 2.85. The number of hydrogen-bond donors (Lipinski definition) is 0. The smallest absolute Gasteiger partial charge is 0.163 e. The van der Waals surface area contributed by atoms with Crippen LogP contribution < -0.4 is 20.0 Å².